The van der Waals surface area contributed by atoms with E-state index in [0.29, 0.717) is 30.7 Å². The van der Waals surface area contributed by atoms with E-state index in [4.69, 9.17) is 15.0 Å². The van der Waals surface area contributed by atoms with E-state index in [9.17, 15) is 13.2 Å². The number of carbonyl (C=O) groups is 2. The quantitative estimate of drug-likeness (QED) is 0.683. The zero-order valence-corrected chi connectivity index (χ0v) is 13.5. The van der Waals surface area contributed by atoms with Crippen molar-refractivity contribution in [3.8, 4) is 0 Å². The number of carbonyl (C=O) groups excluding carboxylic acids is 1. The molecule has 1 atom stereocenters. The number of carboxylic acid groups (broad SMARTS) is 1. The number of fused-ring (bicyclic) bond motifs is 1. The Kier molecular flexibility index (Phi) is 5.46. The summed E-state index contributed by atoms with van der Waals surface area (Å²) in [5.41, 5.74) is 1.12. The second-order valence-corrected chi connectivity index (χ2v) is 6.98. The van der Waals surface area contributed by atoms with Crippen LogP contribution in [0.1, 0.15) is 16.8 Å². The molecular formula is C13H17N5O5S. The molecule has 0 saturated carbocycles. The number of aromatic nitrogens is 3. The predicted octanol–water partition coefficient (Wildman–Crippen LogP) is -0.819. The molecule has 1 fully saturated rings. The lowest BCUT2D eigenvalue weighted by Crippen LogP contribution is -2.30. The summed E-state index contributed by atoms with van der Waals surface area (Å²) in [7, 11) is -3.50. The van der Waals surface area contributed by atoms with Gasteiger partial charge in [0.05, 0.1) is 5.75 Å². The summed E-state index contributed by atoms with van der Waals surface area (Å²) in [6, 6.07) is 3.35. The Bertz CT molecular complexity index is 834. The molecule has 1 aliphatic rings. The highest BCUT2D eigenvalue weighted by molar-refractivity contribution is 7.89. The summed E-state index contributed by atoms with van der Waals surface area (Å²) in [5.74, 6) is -0.307. The molecule has 1 unspecified atom stereocenters. The van der Waals surface area contributed by atoms with E-state index in [1.54, 1.807) is 27.7 Å². The van der Waals surface area contributed by atoms with Crippen molar-refractivity contribution < 1.29 is 23.1 Å². The third kappa shape index (κ3) is 4.49. The number of nitrogens with zero attached hydrogens (tertiary/aromatic N) is 4. The first-order valence-corrected chi connectivity index (χ1v) is 8.72. The van der Waals surface area contributed by atoms with Gasteiger partial charge < -0.3 is 10.0 Å². The fourth-order valence-corrected chi connectivity index (χ4v) is 3.54. The van der Waals surface area contributed by atoms with Gasteiger partial charge in [0.15, 0.2) is 5.65 Å². The van der Waals surface area contributed by atoms with Crippen LogP contribution in [0.15, 0.2) is 24.7 Å². The van der Waals surface area contributed by atoms with Gasteiger partial charge >= 0.3 is 0 Å². The lowest BCUT2D eigenvalue weighted by atomic mass is 10.2. The van der Waals surface area contributed by atoms with Crippen LogP contribution in [0, 0.1) is 5.92 Å². The van der Waals surface area contributed by atoms with E-state index in [1.165, 1.54) is 6.33 Å². The Morgan fingerprint density at radius 3 is 2.88 bits per heavy atom. The molecule has 3 heterocycles. The monoisotopic (exact) mass is 355 g/mol. The first-order chi connectivity index (χ1) is 11.3. The molecule has 1 amide bonds. The standard InChI is InChI=1S/C12H15N5O3S.CH2O2/c13-21(19,20)7-9-1-3-16(6-9)12(18)10-2-4-17-11(5-10)14-8-15-17;2-1-3/h2,4-5,8-9H,1,3,6-7H2,(H2,13,19,20);1H,(H,2,3). The topological polar surface area (TPSA) is 148 Å². The fourth-order valence-electron chi connectivity index (χ4n) is 2.61. The lowest BCUT2D eigenvalue weighted by molar-refractivity contribution is -0.122. The highest BCUT2D eigenvalue weighted by Crippen LogP contribution is 2.20. The Morgan fingerprint density at radius 1 is 1.50 bits per heavy atom. The molecule has 3 rings (SSSR count). The average Bonchev–Trinajstić information content (AvgIpc) is 3.13. The molecule has 11 heteroatoms. The molecule has 2 aromatic heterocycles. The molecule has 24 heavy (non-hydrogen) atoms. The van der Waals surface area contributed by atoms with Crippen molar-refractivity contribution in [3.63, 3.8) is 0 Å². The molecule has 0 bridgehead atoms. The van der Waals surface area contributed by atoms with Crippen LogP contribution in [-0.2, 0) is 14.8 Å². The Morgan fingerprint density at radius 2 is 2.21 bits per heavy atom. The van der Waals surface area contributed by atoms with Crippen LogP contribution >= 0.6 is 0 Å². The maximum atomic E-state index is 12.4. The summed E-state index contributed by atoms with van der Waals surface area (Å²) in [4.78, 5) is 26.5. The van der Waals surface area contributed by atoms with Crippen LogP contribution in [0.2, 0.25) is 0 Å². The third-order valence-corrected chi connectivity index (χ3v) is 4.50. The van der Waals surface area contributed by atoms with Crippen LogP contribution in [0.25, 0.3) is 5.65 Å². The molecule has 2 aromatic rings. The van der Waals surface area contributed by atoms with E-state index < -0.39 is 10.0 Å². The predicted molar refractivity (Wildman–Crippen MR) is 83.7 cm³/mol. The summed E-state index contributed by atoms with van der Waals surface area (Å²) < 4.78 is 23.8. The molecule has 0 spiro atoms. The van der Waals surface area contributed by atoms with Gasteiger partial charge in [-0.05, 0) is 24.5 Å². The second kappa shape index (κ2) is 7.36. The van der Waals surface area contributed by atoms with Gasteiger partial charge in [-0.2, -0.15) is 5.10 Å². The summed E-state index contributed by atoms with van der Waals surface area (Å²) >= 11 is 0. The zero-order chi connectivity index (χ0) is 17.7. The number of pyridine rings is 1. The van der Waals surface area contributed by atoms with E-state index in [0.717, 1.165) is 0 Å². The summed E-state index contributed by atoms with van der Waals surface area (Å²) in [6.45, 7) is 0.698. The molecule has 1 saturated heterocycles. The van der Waals surface area contributed by atoms with Crippen molar-refractivity contribution in [3.05, 3.63) is 30.2 Å². The van der Waals surface area contributed by atoms with Crippen molar-refractivity contribution in [2.45, 2.75) is 6.42 Å². The molecule has 10 nitrogen and oxygen atoms in total. The van der Waals surface area contributed by atoms with Crippen molar-refractivity contribution in [2.24, 2.45) is 11.1 Å². The Hall–Kier alpha value is -2.53. The van der Waals surface area contributed by atoms with E-state index >= 15 is 0 Å². The minimum Gasteiger partial charge on any atom is -0.483 e. The normalized spacial score (nSPS) is 17.4. The maximum Gasteiger partial charge on any atom is 0.290 e. The summed E-state index contributed by atoms with van der Waals surface area (Å²) in [6.07, 6.45) is 3.74. The van der Waals surface area contributed by atoms with E-state index in [-0.39, 0.29) is 24.1 Å². The SMILES string of the molecule is NS(=O)(=O)CC1CCN(C(=O)c2ccn3ncnc3c2)C1.O=CO. The van der Waals surface area contributed by atoms with Crippen molar-refractivity contribution in [1.29, 1.82) is 0 Å². The van der Waals surface area contributed by atoms with Gasteiger partial charge in [0, 0.05) is 24.8 Å². The smallest absolute Gasteiger partial charge is 0.290 e. The first kappa shape index (κ1) is 17.8. The molecule has 0 aliphatic carbocycles. The molecule has 0 radical (unpaired) electrons. The number of sulfonamides is 1. The van der Waals surface area contributed by atoms with Gasteiger partial charge in [0.25, 0.3) is 12.4 Å². The van der Waals surface area contributed by atoms with Crippen LogP contribution in [0.5, 0.6) is 0 Å². The van der Waals surface area contributed by atoms with E-state index in [2.05, 4.69) is 10.1 Å². The zero-order valence-electron chi connectivity index (χ0n) is 12.6. The maximum absolute atomic E-state index is 12.4. The van der Waals surface area contributed by atoms with Gasteiger partial charge in [0.2, 0.25) is 10.0 Å². The van der Waals surface area contributed by atoms with Gasteiger partial charge in [-0.1, -0.05) is 0 Å². The Balaban J connectivity index is 0.000000647. The highest BCUT2D eigenvalue weighted by Gasteiger charge is 2.29. The van der Waals surface area contributed by atoms with Crippen molar-refractivity contribution in [2.75, 3.05) is 18.8 Å². The molecule has 0 aromatic carbocycles. The van der Waals surface area contributed by atoms with Gasteiger partial charge in [-0.15, -0.1) is 0 Å². The molecular weight excluding hydrogens is 338 g/mol. The van der Waals surface area contributed by atoms with E-state index in [1.807, 2.05) is 0 Å². The third-order valence-electron chi connectivity index (χ3n) is 3.57. The largest absolute Gasteiger partial charge is 0.483 e. The fraction of sp³-hybridized carbons (Fsp3) is 0.385. The first-order valence-electron chi connectivity index (χ1n) is 7.01. The minimum atomic E-state index is -3.50. The molecule has 130 valence electrons. The number of hydrogen-bond donors (Lipinski definition) is 2. The average molecular weight is 355 g/mol. The minimum absolute atomic E-state index is 0.0833. The number of hydrogen-bond acceptors (Lipinski definition) is 6. The lowest BCUT2D eigenvalue weighted by Gasteiger charge is -2.16. The van der Waals surface area contributed by atoms with Crippen LogP contribution in [-0.4, -0.2) is 64.2 Å². The van der Waals surface area contributed by atoms with Crippen LogP contribution in [0.4, 0.5) is 0 Å². The van der Waals surface area contributed by atoms with Crippen LogP contribution < -0.4 is 5.14 Å². The summed E-state index contributed by atoms with van der Waals surface area (Å²) in [5, 5.41) is 15.9. The molecule has 3 N–H and O–H groups in total. The number of amides is 1. The Labute approximate surface area is 137 Å². The number of nitrogens with two attached hydrogens (primary N) is 1. The van der Waals surface area contributed by atoms with Crippen LogP contribution in [0.3, 0.4) is 0 Å². The van der Waals surface area contributed by atoms with Gasteiger partial charge in [0.1, 0.15) is 6.33 Å². The number of primary sulfonamides is 1. The number of rotatable bonds is 3. The van der Waals surface area contributed by atoms with Crippen molar-refractivity contribution in [1.82, 2.24) is 19.5 Å². The van der Waals surface area contributed by atoms with Crippen molar-refractivity contribution >= 4 is 28.0 Å². The van der Waals surface area contributed by atoms with Gasteiger partial charge in [-0.25, -0.2) is 23.1 Å². The second-order valence-electron chi connectivity index (χ2n) is 5.32. The number of likely N-dealkylation sites (tertiary alicyclic amines) is 1. The van der Waals surface area contributed by atoms with Gasteiger partial charge in [-0.3, -0.25) is 9.59 Å². The molecule has 1 aliphatic heterocycles. The highest BCUT2D eigenvalue weighted by atomic mass is 32.2.